The van der Waals surface area contributed by atoms with Crippen LogP contribution in [-0.4, -0.2) is 45.8 Å². The molecule has 8 nitrogen and oxygen atoms in total. The Hall–Kier alpha value is -4.25. The van der Waals surface area contributed by atoms with Gasteiger partial charge in [-0.1, -0.05) is 6.58 Å². The highest BCUT2D eigenvalue weighted by molar-refractivity contribution is 5.99. The van der Waals surface area contributed by atoms with Crippen LogP contribution in [0.25, 0.3) is 10.9 Å². The van der Waals surface area contributed by atoms with Crippen LogP contribution in [0.3, 0.4) is 0 Å². The van der Waals surface area contributed by atoms with Crippen LogP contribution in [0.1, 0.15) is 22.3 Å². The third-order valence-electron chi connectivity index (χ3n) is 5.11. The van der Waals surface area contributed by atoms with E-state index in [9.17, 15) is 9.59 Å². The van der Waals surface area contributed by atoms with Crippen molar-refractivity contribution in [3.8, 4) is 6.07 Å². The van der Waals surface area contributed by atoms with Crippen molar-refractivity contribution < 1.29 is 9.59 Å². The summed E-state index contributed by atoms with van der Waals surface area (Å²) in [6.07, 6.45) is 3.69. The van der Waals surface area contributed by atoms with Gasteiger partial charge in [-0.25, -0.2) is 9.97 Å². The molecule has 4 rings (SSSR count). The van der Waals surface area contributed by atoms with E-state index in [4.69, 9.17) is 5.26 Å². The van der Waals surface area contributed by atoms with Crippen molar-refractivity contribution in [1.82, 2.24) is 14.9 Å². The van der Waals surface area contributed by atoms with Gasteiger partial charge in [0.2, 0.25) is 11.9 Å². The Morgan fingerprint density at radius 2 is 2.03 bits per heavy atom. The average molecular weight is 412 g/mol. The highest BCUT2D eigenvalue weighted by Gasteiger charge is 2.27. The number of nitrogens with one attached hydrogen (secondary N) is 2. The Bertz CT molecular complexity index is 1200. The van der Waals surface area contributed by atoms with Crippen LogP contribution < -0.4 is 10.6 Å². The number of amides is 2. The Balaban J connectivity index is 1.39. The van der Waals surface area contributed by atoms with E-state index in [0.29, 0.717) is 41.4 Å². The predicted octanol–water partition coefficient (Wildman–Crippen LogP) is 2.95. The van der Waals surface area contributed by atoms with E-state index in [1.165, 1.54) is 6.08 Å². The van der Waals surface area contributed by atoms with Crippen molar-refractivity contribution in [3.05, 3.63) is 72.4 Å². The molecule has 1 aliphatic heterocycles. The first-order valence-electron chi connectivity index (χ1n) is 9.82. The van der Waals surface area contributed by atoms with Gasteiger partial charge in [0, 0.05) is 42.0 Å². The second kappa shape index (κ2) is 8.63. The maximum atomic E-state index is 12.8. The first kappa shape index (κ1) is 20.0. The molecule has 154 valence electrons. The number of benzene rings is 2. The average Bonchev–Trinajstić information content (AvgIpc) is 3.27. The van der Waals surface area contributed by atoms with Gasteiger partial charge in [0.05, 0.1) is 17.1 Å². The van der Waals surface area contributed by atoms with E-state index in [1.54, 1.807) is 47.5 Å². The summed E-state index contributed by atoms with van der Waals surface area (Å²) in [5.41, 5.74) is 2.41. The number of anilines is 2. The molecule has 1 aromatic heterocycles. The molecule has 0 saturated carbocycles. The molecule has 1 aliphatic rings. The monoisotopic (exact) mass is 412 g/mol. The molecule has 1 fully saturated rings. The van der Waals surface area contributed by atoms with Gasteiger partial charge < -0.3 is 15.5 Å². The number of hydrogen-bond donors (Lipinski definition) is 2. The van der Waals surface area contributed by atoms with Gasteiger partial charge in [0.15, 0.2) is 0 Å². The van der Waals surface area contributed by atoms with Crippen LogP contribution in [0.2, 0.25) is 0 Å². The van der Waals surface area contributed by atoms with E-state index in [0.717, 1.165) is 11.8 Å². The van der Waals surface area contributed by atoms with Gasteiger partial charge >= 0.3 is 0 Å². The molecule has 0 aliphatic carbocycles. The minimum atomic E-state index is -0.299. The number of nitrogens with zero attached hydrogens (tertiary/aromatic N) is 4. The second-order valence-corrected chi connectivity index (χ2v) is 7.23. The molecule has 0 bridgehead atoms. The lowest BCUT2D eigenvalue weighted by Gasteiger charge is -2.17. The maximum absolute atomic E-state index is 12.8. The largest absolute Gasteiger partial charge is 0.350 e. The minimum Gasteiger partial charge on any atom is -0.350 e. The normalized spacial score (nSPS) is 15.3. The molecule has 0 radical (unpaired) electrons. The standard InChI is InChI=1S/C23H20N6O2/c1-2-21(30)26-18-7-5-16(6-8-18)22(31)29-10-9-19(14-29)27-23-25-13-17-4-3-15(12-24)11-20(17)28-23/h2-8,11,13,19H,1,9-10,14H2,(H,26,30)(H,25,27,28). The van der Waals surface area contributed by atoms with Crippen molar-refractivity contribution in [1.29, 1.82) is 5.26 Å². The van der Waals surface area contributed by atoms with Crippen molar-refractivity contribution in [2.75, 3.05) is 23.7 Å². The smallest absolute Gasteiger partial charge is 0.253 e. The zero-order valence-electron chi connectivity index (χ0n) is 16.7. The van der Waals surface area contributed by atoms with Gasteiger partial charge in [-0.3, -0.25) is 9.59 Å². The number of nitriles is 1. The summed E-state index contributed by atoms with van der Waals surface area (Å²) in [5, 5.41) is 15.9. The third-order valence-corrected chi connectivity index (χ3v) is 5.11. The lowest BCUT2D eigenvalue weighted by Crippen LogP contribution is -2.31. The molecule has 3 aromatic rings. The topological polar surface area (TPSA) is 111 Å². The lowest BCUT2D eigenvalue weighted by atomic mass is 10.2. The molecule has 2 aromatic carbocycles. The van der Waals surface area contributed by atoms with E-state index in [1.807, 2.05) is 6.07 Å². The lowest BCUT2D eigenvalue weighted by molar-refractivity contribution is -0.111. The zero-order chi connectivity index (χ0) is 21.8. The number of carbonyl (C=O) groups excluding carboxylic acids is 2. The number of carbonyl (C=O) groups is 2. The summed E-state index contributed by atoms with van der Waals surface area (Å²) >= 11 is 0. The molecule has 1 atom stereocenters. The van der Waals surface area contributed by atoms with Crippen LogP contribution >= 0.6 is 0 Å². The van der Waals surface area contributed by atoms with Gasteiger partial charge in [0.1, 0.15) is 0 Å². The molecule has 2 heterocycles. The Labute approximate surface area is 179 Å². The van der Waals surface area contributed by atoms with E-state index < -0.39 is 0 Å². The SMILES string of the molecule is C=CC(=O)Nc1ccc(C(=O)N2CCC(Nc3ncc4ccc(C#N)cc4n3)C2)cc1. The summed E-state index contributed by atoms with van der Waals surface area (Å²) in [6, 6.07) is 14.2. The Morgan fingerprint density at radius 1 is 1.23 bits per heavy atom. The summed E-state index contributed by atoms with van der Waals surface area (Å²) in [4.78, 5) is 34.8. The third kappa shape index (κ3) is 4.51. The summed E-state index contributed by atoms with van der Waals surface area (Å²) in [7, 11) is 0. The number of rotatable bonds is 5. The molecule has 2 amide bonds. The van der Waals surface area contributed by atoms with Crippen molar-refractivity contribution in [3.63, 3.8) is 0 Å². The molecule has 0 spiro atoms. The fourth-order valence-corrected chi connectivity index (χ4v) is 3.48. The molecule has 8 heteroatoms. The summed E-state index contributed by atoms with van der Waals surface area (Å²) in [5.74, 6) is 0.112. The number of aromatic nitrogens is 2. The van der Waals surface area contributed by atoms with E-state index in [2.05, 4.69) is 33.2 Å². The van der Waals surface area contributed by atoms with E-state index >= 15 is 0 Å². The molecule has 31 heavy (non-hydrogen) atoms. The van der Waals surface area contributed by atoms with Crippen LogP contribution in [0.15, 0.2) is 61.3 Å². The quantitative estimate of drug-likeness (QED) is 0.624. The van der Waals surface area contributed by atoms with Gasteiger partial charge in [0.25, 0.3) is 5.91 Å². The Kier molecular flexibility index (Phi) is 5.58. The molecule has 2 N–H and O–H groups in total. The summed E-state index contributed by atoms with van der Waals surface area (Å²) in [6.45, 7) is 4.57. The first-order chi connectivity index (χ1) is 15.1. The van der Waals surface area contributed by atoms with Crippen LogP contribution in [0.4, 0.5) is 11.6 Å². The Morgan fingerprint density at radius 3 is 2.77 bits per heavy atom. The molecule has 1 saturated heterocycles. The van der Waals surface area contributed by atoms with Gasteiger partial charge in [-0.05, 0) is 55.0 Å². The molecule has 1 unspecified atom stereocenters. The second-order valence-electron chi connectivity index (χ2n) is 7.23. The van der Waals surface area contributed by atoms with Gasteiger partial charge in [-0.15, -0.1) is 0 Å². The van der Waals surface area contributed by atoms with Crippen LogP contribution in [-0.2, 0) is 4.79 Å². The predicted molar refractivity (Wildman–Crippen MR) is 117 cm³/mol. The van der Waals surface area contributed by atoms with E-state index in [-0.39, 0.29) is 17.9 Å². The zero-order valence-corrected chi connectivity index (χ0v) is 16.7. The molecular weight excluding hydrogens is 392 g/mol. The van der Waals surface area contributed by atoms with Crippen molar-refractivity contribution in [2.45, 2.75) is 12.5 Å². The summed E-state index contributed by atoms with van der Waals surface area (Å²) < 4.78 is 0. The first-order valence-corrected chi connectivity index (χ1v) is 9.82. The van der Waals surface area contributed by atoms with Crippen LogP contribution in [0, 0.1) is 11.3 Å². The fraction of sp³-hybridized carbons (Fsp3) is 0.174. The minimum absolute atomic E-state index is 0.0340. The number of fused-ring (bicyclic) bond motifs is 1. The fourth-order valence-electron chi connectivity index (χ4n) is 3.48. The van der Waals surface area contributed by atoms with Crippen molar-refractivity contribution in [2.24, 2.45) is 0 Å². The highest BCUT2D eigenvalue weighted by atomic mass is 16.2. The number of hydrogen-bond acceptors (Lipinski definition) is 6. The van der Waals surface area contributed by atoms with Crippen LogP contribution in [0.5, 0.6) is 0 Å². The highest BCUT2D eigenvalue weighted by Crippen LogP contribution is 2.19. The van der Waals surface area contributed by atoms with Crippen molar-refractivity contribution >= 4 is 34.4 Å². The maximum Gasteiger partial charge on any atom is 0.253 e. The number of likely N-dealkylation sites (tertiary alicyclic amines) is 1. The molecular formula is C23H20N6O2. The van der Waals surface area contributed by atoms with Gasteiger partial charge in [-0.2, -0.15) is 5.26 Å².